The van der Waals surface area contributed by atoms with E-state index in [-0.39, 0.29) is 5.91 Å². The minimum atomic E-state index is -1.03. The predicted molar refractivity (Wildman–Crippen MR) is 102 cm³/mol. The molecule has 1 aromatic carbocycles. The number of nitrogens with zero attached hydrogens (tertiary/aromatic N) is 3. The van der Waals surface area contributed by atoms with Gasteiger partial charge in [-0.15, -0.1) is 0 Å². The lowest BCUT2D eigenvalue weighted by atomic mass is 9.92. The fourth-order valence-corrected chi connectivity index (χ4v) is 4.00. The fourth-order valence-electron chi connectivity index (χ4n) is 4.00. The summed E-state index contributed by atoms with van der Waals surface area (Å²) in [5.74, 6) is -0.0396. The van der Waals surface area contributed by atoms with Crippen LogP contribution in [-0.2, 0) is 11.2 Å². The number of carbonyl (C=O) groups is 2. The van der Waals surface area contributed by atoms with Crippen molar-refractivity contribution in [2.45, 2.75) is 33.2 Å². The number of aryl methyl sites for hydroxylation is 2. The topological polar surface area (TPSA) is 88.6 Å². The number of benzene rings is 1. The van der Waals surface area contributed by atoms with E-state index in [2.05, 4.69) is 5.16 Å². The Bertz CT molecular complexity index is 1080. The van der Waals surface area contributed by atoms with Crippen LogP contribution >= 0.6 is 0 Å². The zero-order chi connectivity index (χ0) is 20.0. The summed E-state index contributed by atoms with van der Waals surface area (Å²) in [5, 5.41) is 13.9. The molecule has 7 nitrogen and oxygen atoms in total. The molecule has 144 valence electrons. The zero-order valence-corrected chi connectivity index (χ0v) is 16.0. The molecule has 2 aromatic heterocycles. The lowest BCUT2D eigenvalue weighted by Crippen LogP contribution is -2.43. The molecule has 1 aliphatic rings. The Morgan fingerprint density at radius 3 is 2.61 bits per heavy atom. The molecule has 0 radical (unpaired) electrons. The molecule has 7 heteroatoms. The van der Waals surface area contributed by atoms with Gasteiger partial charge in [0.2, 0.25) is 0 Å². The van der Waals surface area contributed by atoms with Crippen LogP contribution < -0.4 is 0 Å². The average molecular weight is 379 g/mol. The zero-order valence-electron chi connectivity index (χ0n) is 16.0. The molecule has 0 fully saturated rings. The number of amides is 1. The maximum Gasteiger partial charge on any atom is 0.331 e. The van der Waals surface area contributed by atoms with E-state index in [4.69, 9.17) is 4.52 Å². The summed E-state index contributed by atoms with van der Waals surface area (Å²) in [7, 11) is 0. The third kappa shape index (κ3) is 2.79. The Morgan fingerprint density at radius 1 is 1.18 bits per heavy atom. The number of carbonyl (C=O) groups excluding carboxylic acids is 1. The van der Waals surface area contributed by atoms with Crippen LogP contribution in [-0.4, -0.2) is 38.2 Å². The van der Waals surface area contributed by atoms with E-state index < -0.39 is 12.0 Å². The molecule has 1 amide bonds. The average Bonchev–Trinajstić information content (AvgIpc) is 3.22. The van der Waals surface area contributed by atoms with E-state index in [1.807, 2.05) is 36.6 Å². The van der Waals surface area contributed by atoms with Crippen molar-refractivity contribution in [3.63, 3.8) is 0 Å². The van der Waals surface area contributed by atoms with E-state index in [1.165, 1.54) is 4.90 Å². The summed E-state index contributed by atoms with van der Waals surface area (Å²) in [4.78, 5) is 26.8. The third-order valence-electron chi connectivity index (χ3n) is 5.28. The minimum absolute atomic E-state index is 0.290. The van der Waals surface area contributed by atoms with E-state index >= 15 is 0 Å². The summed E-state index contributed by atoms with van der Waals surface area (Å²) in [6.07, 6.45) is 0.632. The van der Waals surface area contributed by atoms with Crippen molar-refractivity contribution in [2.24, 2.45) is 0 Å². The summed E-state index contributed by atoms with van der Waals surface area (Å²) < 4.78 is 7.00. The van der Waals surface area contributed by atoms with Crippen molar-refractivity contribution in [1.29, 1.82) is 0 Å². The quantitative estimate of drug-likeness (QED) is 0.755. The number of rotatable bonds is 3. The van der Waals surface area contributed by atoms with Crippen LogP contribution in [0.2, 0.25) is 0 Å². The lowest BCUT2D eigenvalue weighted by molar-refractivity contribution is -0.143. The molecule has 4 rings (SSSR count). The number of hydrogen-bond acceptors (Lipinski definition) is 4. The SMILES string of the molecule is Cc1cc(-n2c(C)cc(C(=O)N3CCc4ccccc4C3C(=O)O)c2C)no1. The molecule has 0 spiro atoms. The molecule has 1 aliphatic heterocycles. The van der Waals surface area contributed by atoms with Gasteiger partial charge in [-0.3, -0.25) is 9.36 Å². The van der Waals surface area contributed by atoms with Crippen molar-refractivity contribution < 1.29 is 19.2 Å². The summed E-state index contributed by atoms with van der Waals surface area (Å²) >= 11 is 0. The van der Waals surface area contributed by atoms with Gasteiger partial charge in [-0.25, -0.2) is 4.79 Å². The molecule has 0 saturated carbocycles. The third-order valence-corrected chi connectivity index (χ3v) is 5.28. The van der Waals surface area contributed by atoms with E-state index in [0.717, 1.165) is 11.3 Å². The van der Waals surface area contributed by atoms with Crippen molar-refractivity contribution in [1.82, 2.24) is 14.6 Å². The predicted octanol–water partition coefficient (Wildman–Crippen LogP) is 3.21. The molecule has 28 heavy (non-hydrogen) atoms. The highest BCUT2D eigenvalue weighted by Crippen LogP contribution is 2.32. The van der Waals surface area contributed by atoms with Gasteiger partial charge >= 0.3 is 5.97 Å². The second kappa shape index (κ2) is 6.67. The molecule has 3 aromatic rings. The first-order valence-electron chi connectivity index (χ1n) is 9.12. The van der Waals surface area contributed by atoms with E-state index in [9.17, 15) is 14.7 Å². The molecule has 0 aliphatic carbocycles. The van der Waals surface area contributed by atoms with Crippen LogP contribution in [0.1, 0.15) is 44.7 Å². The first-order chi connectivity index (χ1) is 13.4. The lowest BCUT2D eigenvalue weighted by Gasteiger charge is -2.34. The number of hydrogen-bond donors (Lipinski definition) is 1. The highest BCUT2D eigenvalue weighted by atomic mass is 16.5. The van der Waals surface area contributed by atoms with Gasteiger partial charge in [0.05, 0.1) is 5.56 Å². The standard InChI is InChI=1S/C21H21N3O4/c1-12-10-17(14(3)24(12)18-11-13(2)28-22-18)20(25)23-9-8-15-6-4-5-7-16(15)19(23)21(26)27/h4-7,10-11,19H,8-9H2,1-3H3,(H,26,27). The molecule has 0 bridgehead atoms. The summed E-state index contributed by atoms with van der Waals surface area (Å²) in [6, 6.07) is 9.99. The van der Waals surface area contributed by atoms with Crippen LogP contribution in [0.5, 0.6) is 0 Å². The Kier molecular flexibility index (Phi) is 4.30. The Hall–Kier alpha value is -3.35. The van der Waals surface area contributed by atoms with Crippen molar-refractivity contribution in [3.05, 3.63) is 70.2 Å². The van der Waals surface area contributed by atoms with Crippen LogP contribution in [0, 0.1) is 20.8 Å². The Labute approximate surface area is 162 Å². The van der Waals surface area contributed by atoms with Crippen LogP contribution in [0.3, 0.4) is 0 Å². The molecular weight excluding hydrogens is 358 g/mol. The summed E-state index contributed by atoms with van der Waals surface area (Å²) in [5.41, 5.74) is 3.67. The largest absolute Gasteiger partial charge is 0.479 e. The second-order valence-electron chi connectivity index (χ2n) is 7.10. The first kappa shape index (κ1) is 18.0. The number of aromatic nitrogens is 2. The monoisotopic (exact) mass is 379 g/mol. The van der Waals surface area contributed by atoms with Crippen LogP contribution in [0.4, 0.5) is 0 Å². The Balaban J connectivity index is 1.75. The Morgan fingerprint density at radius 2 is 1.93 bits per heavy atom. The number of aliphatic carboxylic acids is 1. The number of carboxylic acids is 1. The van der Waals surface area contributed by atoms with Gasteiger partial charge in [-0.05, 0) is 44.4 Å². The van der Waals surface area contributed by atoms with Gasteiger partial charge in [0, 0.05) is 24.0 Å². The maximum absolute atomic E-state index is 13.4. The van der Waals surface area contributed by atoms with Crippen LogP contribution in [0.25, 0.3) is 5.82 Å². The van der Waals surface area contributed by atoms with Crippen molar-refractivity contribution in [3.8, 4) is 5.82 Å². The molecular formula is C21H21N3O4. The highest BCUT2D eigenvalue weighted by molar-refractivity contribution is 5.98. The molecule has 3 heterocycles. The van der Waals surface area contributed by atoms with Gasteiger partial charge in [0.25, 0.3) is 5.91 Å². The molecule has 1 atom stereocenters. The van der Waals surface area contributed by atoms with Crippen LogP contribution in [0.15, 0.2) is 40.9 Å². The number of carboxylic acid groups (broad SMARTS) is 1. The molecule has 1 N–H and O–H groups in total. The second-order valence-corrected chi connectivity index (χ2v) is 7.10. The fraction of sp³-hybridized carbons (Fsp3) is 0.286. The van der Waals surface area contributed by atoms with Gasteiger partial charge in [-0.1, -0.05) is 29.4 Å². The van der Waals surface area contributed by atoms with Gasteiger partial charge in [0.15, 0.2) is 11.9 Å². The smallest absolute Gasteiger partial charge is 0.331 e. The van der Waals surface area contributed by atoms with Gasteiger partial charge in [-0.2, -0.15) is 0 Å². The molecule has 0 saturated heterocycles. The van der Waals surface area contributed by atoms with E-state index in [1.54, 1.807) is 25.1 Å². The summed E-state index contributed by atoms with van der Waals surface area (Å²) in [6.45, 7) is 5.88. The normalized spacial score (nSPS) is 16.1. The van der Waals surface area contributed by atoms with E-state index in [0.29, 0.717) is 41.4 Å². The van der Waals surface area contributed by atoms with Crippen molar-refractivity contribution in [2.75, 3.05) is 6.54 Å². The highest BCUT2D eigenvalue weighted by Gasteiger charge is 2.37. The number of fused-ring (bicyclic) bond motifs is 1. The first-order valence-corrected chi connectivity index (χ1v) is 9.12. The minimum Gasteiger partial charge on any atom is -0.479 e. The molecule has 1 unspecified atom stereocenters. The maximum atomic E-state index is 13.4. The van der Waals surface area contributed by atoms with Gasteiger partial charge < -0.3 is 14.5 Å². The van der Waals surface area contributed by atoms with Gasteiger partial charge in [0.1, 0.15) is 5.76 Å². The van der Waals surface area contributed by atoms with Crippen molar-refractivity contribution >= 4 is 11.9 Å².